The lowest BCUT2D eigenvalue weighted by Gasteiger charge is -2.23. The van der Waals surface area contributed by atoms with Crippen molar-refractivity contribution in [2.45, 2.75) is 13.8 Å². The van der Waals surface area contributed by atoms with Gasteiger partial charge in [-0.25, -0.2) is 0 Å². The number of carbonyl (C=O) groups is 1. The van der Waals surface area contributed by atoms with Gasteiger partial charge in [0.25, 0.3) is 5.91 Å². The van der Waals surface area contributed by atoms with Gasteiger partial charge in [-0.1, -0.05) is 12.1 Å². The van der Waals surface area contributed by atoms with E-state index in [4.69, 9.17) is 4.42 Å². The molecular formula is C16H19N3O4. The van der Waals surface area contributed by atoms with Crippen LogP contribution in [0, 0.1) is 17.0 Å². The summed E-state index contributed by atoms with van der Waals surface area (Å²) in [6.45, 7) is 5.93. The van der Waals surface area contributed by atoms with Gasteiger partial charge in [0, 0.05) is 25.3 Å². The standard InChI is InChI=1S/C16H19N3O4/c1-3-18(13-6-4-5-12(2)11-13)10-9-17-16(20)14-7-8-15(23-14)19(21)22/h4-8,11H,3,9-10H2,1-2H3,(H,17,20). The normalized spacial score (nSPS) is 10.3. The molecule has 0 fully saturated rings. The molecule has 0 atom stereocenters. The summed E-state index contributed by atoms with van der Waals surface area (Å²) in [6, 6.07) is 10.6. The second-order valence-electron chi connectivity index (χ2n) is 5.07. The Morgan fingerprint density at radius 3 is 2.74 bits per heavy atom. The predicted octanol–water partition coefficient (Wildman–Crippen LogP) is 2.75. The molecule has 1 amide bonds. The fraction of sp³-hybridized carbons (Fsp3) is 0.312. The Kier molecular flexibility index (Phi) is 5.35. The fourth-order valence-corrected chi connectivity index (χ4v) is 2.23. The van der Waals surface area contributed by atoms with Crippen molar-refractivity contribution in [3.8, 4) is 0 Å². The molecule has 23 heavy (non-hydrogen) atoms. The summed E-state index contributed by atoms with van der Waals surface area (Å²) in [5.41, 5.74) is 2.27. The summed E-state index contributed by atoms with van der Waals surface area (Å²) in [5, 5.41) is 13.2. The van der Waals surface area contributed by atoms with Crippen LogP contribution in [0.1, 0.15) is 23.0 Å². The zero-order valence-corrected chi connectivity index (χ0v) is 13.1. The van der Waals surface area contributed by atoms with Gasteiger partial charge in [0.05, 0.1) is 6.07 Å². The molecule has 7 nitrogen and oxygen atoms in total. The Balaban J connectivity index is 1.89. The number of aryl methyl sites for hydroxylation is 1. The number of hydrogen-bond donors (Lipinski definition) is 1. The van der Waals surface area contributed by atoms with E-state index in [1.54, 1.807) is 0 Å². The van der Waals surface area contributed by atoms with E-state index in [-0.39, 0.29) is 5.76 Å². The minimum atomic E-state index is -0.673. The number of furan rings is 1. The largest absolute Gasteiger partial charge is 0.433 e. The quantitative estimate of drug-likeness (QED) is 0.626. The van der Waals surface area contributed by atoms with Crippen LogP contribution in [-0.4, -0.2) is 30.5 Å². The van der Waals surface area contributed by atoms with Gasteiger partial charge in [-0.15, -0.1) is 0 Å². The van der Waals surface area contributed by atoms with Gasteiger partial charge in [-0.2, -0.15) is 0 Å². The van der Waals surface area contributed by atoms with Crippen LogP contribution in [0.5, 0.6) is 0 Å². The molecule has 122 valence electrons. The third-order valence-corrected chi connectivity index (χ3v) is 3.41. The van der Waals surface area contributed by atoms with Crippen LogP contribution in [0.15, 0.2) is 40.8 Å². The van der Waals surface area contributed by atoms with E-state index in [9.17, 15) is 14.9 Å². The highest BCUT2D eigenvalue weighted by Crippen LogP contribution is 2.16. The zero-order valence-electron chi connectivity index (χ0n) is 13.1. The molecule has 1 heterocycles. The molecule has 2 rings (SSSR count). The van der Waals surface area contributed by atoms with Crippen molar-refractivity contribution in [1.82, 2.24) is 5.32 Å². The number of amides is 1. The molecule has 1 aromatic carbocycles. The summed E-state index contributed by atoms with van der Waals surface area (Å²) in [6.07, 6.45) is 0. The maximum absolute atomic E-state index is 11.9. The number of anilines is 1. The third kappa shape index (κ3) is 4.32. The molecule has 7 heteroatoms. The molecule has 0 aliphatic heterocycles. The number of rotatable bonds is 7. The van der Waals surface area contributed by atoms with E-state index in [2.05, 4.69) is 16.3 Å². The Bertz CT molecular complexity index is 696. The van der Waals surface area contributed by atoms with E-state index in [1.165, 1.54) is 17.7 Å². The molecular weight excluding hydrogens is 298 g/mol. The van der Waals surface area contributed by atoms with Crippen LogP contribution in [0.2, 0.25) is 0 Å². The van der Waals surface area contributed by atoms with Crippen LogP contribution in [-0.2, 0) is 0 Å². The van der Waals surface area contributed by atoms with Crippen LogP contribution in [0.3, 0.4) is 0 Å². The molecule has 1 N–H and O–H groups in total. The predicted molar refractivity (Wildman–Crippen MR) is 86.8 cm³/mol. The van der Waals surface area contributed by atoms with E-state index in [1.807, 2.05) is 32.0 Å². The smallest absolute Gasteiger partial charge is 0.395 e. The minimum Gasteiger partial charge on any atom is -0.395 e. The first-order valence-electron chi connectivity index (χ1n) is 7.35. The summed E-state index contributed by atoms with van der Waals surface area (Å²) in [5.74, 6) is -0.959. The van der Waals surface area contributed by atoms with Gasteiger partial charge < -0.3 is 14.6 Å². The van der Waals surface area contributed by atoms with E-state index < -0.39 is 16.7 Å². The number of nitro groups is 1. The lowest BCUT2D eigenvalue weighted by atomic mass is 10.2. The highest BCUT2D eigenvalue weighted by Gasteiger charge is 2.17. The Labute approximate surface area is 134 Å². The Hall–Kier alpha value is -2.83. The fourth-order valence-electron chi connectivity index (χ4n) is 2.23. The van der Waals surface area contributed by atoms with Crippen LogP contribution in [0.4, 0.5) is 11.6 Å². The van der Waals surface area contributed by atoms with Crippen LogP contribution < -0.4 is 10.2 Å². The molecule has 0 bridgehead atoms. The molecule has 0 radical (unpaired) electrons. The topological polar surface area (TPSA) is 88.6 Å². The Morgan fingerprint density at radius 2 is 2.13 bits per heavy atom. The number of nitrogens with one attached hydrogen (secondary N) is 1. The van der Waals surface area contributed by atoms with Crippen molar-refractivity contribution in [1.29, 1.82) is 0 Å². The molecule has 0 aliphatic rings. The number of carbonyl (C=O) groups excluding carboxylic acids is 1. The van der Waals surface area contributed by atoms with Gasteiger partial charge in [-0.3, -0.25) is 14.9 Å². The first-order valence-corrected chi connectivity index (χ1v) is 7.35. The molecule has 0 saturated carbocycles. The monoisotopic (exact) mass is 317 g/mol. The lowest BCUT2D eigenvalue weighted by Crippen LogP contribution is -2.34. The average Bonchev–Trinajstić information content (AvgIpc) is 3.01. The van der Waals surface area contributed by atoms with Gasteiger partial charge in [-0.05, 0) is 37.6 Å². The van der Waals surface area contributed by atoms with Crippen molar-refractivity contribution < 1.29 is 14.1 Å². The first kappa shape index (κ1) is 16.5. The van der Waals surface area contributed by atoms with Crippen molar-refractivity contribution in [2.24, 2.45) is 0 Å². The summed E-state index contributed by atoms with van der Waals surface area (Å²) >= 11 is 0. The highest BCUT2D eigenvalue weighted by atomic mass is 16.6. The second kappa shape index (κ2) is 7.44. The van der Waals surface area contributed by atoms with Crippen molar-refractivity contribution >= 4 is 17.5 Å². The second-order valence-corrected chi connectivity index (χ2v) is 5.07. The van der Waals surface area contributed by atoms with E-state index in [0.29, 0.717) is 13.1 Å². The van der Waals surface area contributed by atoms with Gasteiger partial charge >= 0.3 is 5.88 Å². The molecule has 0 aliphatic carbocycles. The molecule has 0 unspecified atom stereocenters. The zero-order chi connectivity index (χ0) is 16.8. The van der Waals surface area contributed by atoms with Gasteiger partial charge in [0.1, 0.15) is 4.92 Å². The van der Waals surface area contributed by atoms with Gasteiger partial charge in [0.2, 0.25) is 0 Å². The van der Waals surface area contributed by atoms with Crippen molar-refractivity contribution in [3.63, 3.8) is 0 Å². The maximum Gasteiger partial charge on any atom is 0.433 e. The number of hydrogen-bond acceptors (Lipinski definition) is 5. The average molecular weight is 317 g/mol. The number of nitrogens with zero attached hydrogens (tertiary/aromatic N) is 2. The van der Waals surface area contributed by atoms with Crippen molar-refractivity contribution in [3.05, 3.63) is 57.8 Å². The Morgan fingerprint density at radius 1 is 1.35 bits per heavy atom. The molecule has 0 saturated heterocycles. The molecule has 2 aromatic rings. The maximum atomic E-state index is 11.9. The highest BCUT2D eigenvalue weighted by molar-refractivity contribution is 5.91. The molecule has 0 spiro atoms. The number of benzene rings is 1. The minimum absolute atomic E-state index is 0.0599. The van der Waals surface area contributed by atoms with E-state index >= 15 is 0 Å². The van der Waals surface area contributed by atoms with E-state index in [0.717, 1.165) is 12.2 Å². The summed E-state index contributed by atoms with van der Waals surface area (Å²) in [4.78, 5) is 23.9. The van der Waals surface area contributed by atoms with Crippen LogP contribution >= 0.6 is 0 Å². The summed E-state index contributed by atoms with van der Waals surface area (Å²) in [7, 11) is 0. The van der Waals surface area contributed by atoms with Gasteiger partial charge in [0.15, 0.2) is 5.76 Å². The SMILES string of the molecule is CCN(CCNC(=O)c1ccc([N+](=O)[O-])o1)c1cccc(C)c1. The molecule has 1 aromatic heterocycles. The third-order valence-electron chi connectivity index (χ3n) is 3.41. The van der Waals surface area contributed by atoms with Crippen molar-refractivity contribution in [2.75, 3.05) is 24.5 Å². The first-order chi connectivity index (χ1) is 11.0. The lowest BCUT2D eigenvalue weighted by molar-refractivity contribution is -0.402. The van der Waals surface area contributed by atoms with Crippen LogP contribution in [0.25, 0.3) is 0 Å². The summed E-state index contributed by atoms with van der Waals surface area (Å²) < 4.78 is 4.87. The number of likely N-dealkylation sites (N-methyl/N-ethyl adjacent to an activating group) is 1.